The van der Waals surface area contributed by atoms with Crippen molar-refractivity contribution < 1.29 is 19.1 Å². The highest BCUT2D eigenvalue weighted by molar-refractivity contribution is 6.32. The lowest BCUT2D eigenvalue weighted by molar-refractivity contribution is -0.132. The van der Waals surface area contributed by atoms with Crippen molar-refractivity contribution in [3.63, 3.8) is 0 Å². The monoisotopic (exact) mass is 411 g/mol. The van der Waals surface area contributed by atoms with Gasteiger partial charge < -0.3 is 19.3 Å². The normalized spacial score (nSPS) is 14.7. The number of amides is 2. The molecular weight excluding hydrogens is 382 g/mol. The van der Waals surface area contributed by atoms with E-state index in [1.165, 1.54) is 7.11 Å². The lowest BCUT2D eigenvalue weighted by Gasteiger charge is -2.35. The van der Waals surface area contributed by atoms with E-state index < -0.39 is 0 Å². The van der Waals surface area contributed by atoms with Gasteiger partial charge in [-0.15, -0.1) is 0 Å². The molecule has 1 saturated heterocycles. The molecule has 0 saturated carbocycles. The molecule has 0 spiro atoms. The highest BCUT2D eigenvalue weighted by Crippen LogP contribution is 2.36. The van der Waals surface area contributed by atoms with Crippen LogP contribution in [0.4, 0.5) is 0 Å². The number of methoxy groups -OCH3 is 1. The van der Waals surface area contributed by atoms with E-state index in [2.05, 4.69) is 4.90 Å². The molecule has 0 radical (unpaired) electrons. The van der Waals surface area contributed by atoms with Crippen molar-refractivity contribution in [3.05, 3.63) is 22.7 Å². The van der Waals surface area contributed by atoms with Gasteiger partial charge >= 0.3 is 0 Å². The van der Waals surface area contributed by atoms with Gasteiger partial charge in [-0.2, -0.15) is 0 Å². The fourth-order valence-corrected chi connectivity index (χ4v) is 3.55. The quantitative estimate of drug-likeness (QED) is 0.657. The lowest BCUT2D eigenvalue weighted by Crippen LogP contribution is -2.51. The first-order valence-electron chi connectivity index (χ1n) is 9.74. The topological polar surface area (TPSA) is 62.3 Å². The number of benzene rings is 1. The van der Waals surface area contributed by atoms with Gasteiger partial charge in [0.05, 0.1) is 25.3 Å². The van der Waals surface area contributed by atoms with Crippen molar-refractivity contribution in [2.24, 2.45) is 0 Å². The average Bonchev–Trinajstić information content (AvgIpc) is 2.70. The Labute approximate surface area is 172 Å². The van der Waals surface area contributed by atoms with E-state index in [1.807, 2.05) is 25.7 Å². The number of rotatable bonds is 8. The van der Waals surface area contributed by atoms with E-state index in [0.717, 1.165) is 0 Å². The Kier molecular flexibility index (Phi) is 8.38. The summed E-state index contributed by atoms with van der Waals surface area (Å²) in [5.74, 6) is 0.926. The number of ether oxygens (including phenoxy) is 2. The highest BCUT2D eigenvalue weighted by atomic mass is 35.5. The molecule has 7 nitrogen and oxygen atoms in total. The Balaban J connectivity index is 2.00. The molecule has 0 N–H and O–H groups in total. The van der Waals surface area contributed by atoms with Gasteiger partial charge in [0.15, 0.2) is 11.5 Å². The van der Waals surface area contributed by atoms with Crippen LogP contribution < -0.4 is 9.47 Å². The third kappa shape index (κ3) is 5.29. The van der Waals surface area contributed by atoms with E-state index in [-0.39, 0.29) is 11.8 Å². The fourth-order valence-electron chi connectivity index (χ4n) is 3.29. The smallest absolute Gasteiger partial charge is 0.254 e. The van der Waals surface area contributed by atoms with Crippen LogP contribution in [0.25, 0.3) is 0 Å². The molecule has 1 aromatic rings. The minimum atomic E-state index is -0.0991. The van der Waals surface area contributed by atoms with Gasteiger partial charge in [0.1, 0.15) is 0 Å². The van der Waals surface area contributed by atoms with E-state index in [9.17, 15) is 9.59 Å². The van der Waals surface area contributed by atoms with Gasteiger partial charge in [0, 0.05) is 44.8 Å². The molecule has 2 amide bonds. The molecule has 0 aromatic heterocycles. The second-order valence-corrected chi connectivity index (χ2v) is 6.96. The molecule has 0 aliphatic carbocycles. The molecule has 1 aliphatic rings. The van der Waals surface area contributed by atoms with Gasteiger partial charge in [-0.05, 0) is 32.9 Å². The van der Waals surface area contributed by atoms with E-state index in [0.29, 0.717) is 74.5 Å². The summed E-state index contributed by atoms with van der Waals surface area (Å²) < 4.78 is 10.8. The molecular formula is C20H30ClN3O4. The summed E-state index contributed by atoms with van der Waals surface area (Å²) in [5.41, 5.74) is 0.470. The predicted molar refractivity (Wildman–Crippen MR) is 109 cm³/mol. The van der Waals surface area contributed by atoms with Crippen LogP contribution in [0.5, 0.6) is 11.5 Å². The molecule has 0 bridgehead atoms. The number of carbonyl (C=O) groups is 2. The first-order chi connectivity index (χ1) is 13.4. The maximum absolute atomic E-state index is 12.9. The number of nitrogens with zero attached hydrogens (tertiary/aromatic N) is 3. The molecule has 1 aromatic carbocycles. The zero-order chi connectivity index (χ0) is 20.7. The number of halogens is 1. The Morgan fingerprint density at radius 1 is 1.11 bits per heavy atom. The minimum Gasteiger partial charge on any atom is -0.493 e. The van der Waals surface area contributed by atoms with Crippen molar-refractivity contribution in [1.29, 1.82) is 0 Å². The Hall–Kier alpha value is -1.99. The maximum atomic E-state index is 12.9. The Morgan fingerprint density at radius 3 is 2.29 bits per heavy atom. The van der Waals surface area contributed by atoms with Crippen LogP contribution in [0.3, 0.4) is 0 Å². The predicted octanol–water partition coefficient (Wildman–Crippen LogP) is 2.37. The minimum absolute atomic E-state index is 0.0991. The van der Waals surface area contributed by atoms with E-state index in [4.69, 9.17) is 21.1 Å². The Bertz CT molecular complexity index is 686. The highest BCUT2D eigenvalue weighted by Gasteiger charge is 2.25. The van der Waals surface area contributed by atoms with Gasteiger partial charge in [-0.1, -0.05) is 11.6 Å². The van der Waals surface area contributed by atoms with Gasteiger partial charge in [-0.3, -0.25) is 14.5 Å². The van der Waals surface area contributed by atoms with Crippen LogP contribution in [-0.4, -0.2) is 86.0 Å². The van der Waals surface area contributed by atoms with E-state index >= 15 is 0 Å². The molecule has 0 atom stereocenters. The molecule has 1 fully saturated rings. The van der Waals surface area contributed by atoms with Gasteiger partial charge in [0.25, 0.3) is 5.91 Å². The maximum Gasteiger partial charge on any atom is 0.254 e. The van der Waals surface area contributed by atoms with Crippen LogP contribution >= 0.6 is 11.6 Å². The third-order valence-electron chi connectivity index (χ3n) is 4.90. The third-order valence-corrected chi connectivity index (χ3v) is 5.18. The summed E-state index contributed by atoms with van der Waals surface area (Å²) in [6.07, 6.45) is 0. The van der Waals surface area contributed by atoms with Gasteiger partial charge in [0.2, 0.25) is 5.91 Å². The van der Waals surface area contributed by atoms with Gasteiger partial charge in [-0.25, -0.2) is 0 Å². The second kappa shape index (κ2) is 10.5. The summed E-state index contributed by atoms with van der Waals surface area (Å²) >= 11 is 6.29. The molecule has 8 heteroatoms. The second-order valence-electron chi connectivity index (χ2n) is 6.56. The number of piperazine rings is 1. The molecule has 28 heavy (non-hydrogen) atoms. The molecule has 1 aliphatic heterocycles. The zero-order valence-electron chi connectivity index (χ0n) is 17.2. The number of likely N-dealkylation sites (N-methyl/N-ethyl adjacent to an activating group) is 1. The average molecular weight is 412 g/mol. The lowest BCUT2D eigenvalue weighted by atomic mass is 10.1. The first kappa shape index (κ1) is 22.3. The summed E-state index contributed by atoms with van der Waals surface area (Å²) in [7, 11) is 1.52. The molecule has 2 rings (SSSR count). The Morgan fingerprint density at radius 2 is 1.75 bits per heavy atom. The van der Waals surface area contributed by atoms with Crippen LogP contribution in [-0.2, 0) is 4.79 Å². The standard InChI is InChI=1S/C20H30ClN3O4/c1-5-23(6-2)18(25)14-22-8-10-24(11-9-22)20(26)15-12-16(21)19(28-7-3)17(13-15)27-4/h12-13H,5-11,14H2,1-4H3. The molecule has 0 unspecified atom stereocenters. The first-order valence-corrected chi connectivity index (χ1v) is 10.1. The largest absolute Gasteiger partial charge is 0.493 e. The summed E-state index contributed by atoms with van der Waals surface area (Å²) in [4.78, 5) is 30.9. The van der Waals surface area contributed by atoms with Crippen molar-refractivity contribution in [3.8, 4) is 11.5 Å². The number of carbonyl (C=O) groups excluding carboxylic acids is 2. The van der Waals surface area contributed by atoms with Crippen molar-refractivity contribution in [2.45, 2.75) is 20.8 Å². The van der Waals surface area contributed by atoms with Crippen molar-refractivity contribution in [1.82, 2.24) is 14.7 Å². The fraction of sp³-hybridized carbons (Fsp3) is 0.600. The number of hydrogen-bond acceptors (Lipinski definition) is 5. The molecule has 1 heterocycles. The van der Waals surface area contributed by atoms with Crippen LogP contribution in [0, 0.1) is 0 Å². The summed E-state index contributed by atoms with van der Waals surface area (Å²) in [6, 6.07) is 3.28. The summed E-state index contributed by atoms with van der Waals surface area (Å²) in [6.45, 7) is 10.6. The summed E-state index contributed by atoms with van der Waals surface area (Å²) in [5, 5.41) is 0.355. The number of hydrogen-bond donors (Lipinski definition) is 0. The van der Waals surface area contributed by atoms with Crippen molar-refractivity contribution in [2.75, 3.05) is 59.5 Å². The van der Waals surface area contributed by atoms with E-state index in [1.54, 1.807) is 17.0 Å². The van der Waals surface area contributed by atoms with Crippen LogP contribution in [0.15, 0.2) is 12.1 Å². The molecule has 156 valence electrons. The van der Waals surface area contributed by atoms with Crippen LogP contribution in [0.2, 0.25) is 5.02 Å². The van der Waals surface area contributed by atoms with Crippen molar-refractivity contribution >= 4 is 23.4 Å². The van der Waals surface area contributed by atoms with Crippen LogP contribution in [0.1, 0.15) is 31.1 Å². The SMILES string of the molecule is CCOc1c(Cl)cc(C(=O)N2CCN(CC(=O)N(CC)CC)CC2)cc1OC. The zero-order valence-corrected chi connectivity index (χ0v) is 17.9.